The summed E-state index contributed by atoms with van der Waals surface area (Å²) in [6.07, 6.45) is 3.27. The number of thiol groups is 1. The van der Waals surface area contributed by atoms with Gasteiger partial charge >= 0.3 is 0 Å². The highest BCUT2D eigenvalue weighted by atomic mass is 32.1. The van der Waals surface area contributed by atoms with Gasteiger partial charge in [0.2, 0.25) is 0 Å². The van der Waals surface area contributed by atoms with Gasteiger partial charge in [0.05, 0.1) is 6.61 Å². The first-order valence-electron chi connectivity index (χ1n) is 5.24. The van der Waals surface area contributed by atoms with Gasteiger partial charge in [-0.25, -0.2) is 4.39 Å². The Balaban J connectivity index is 2.28. The van der Waals surface area contributed by atoms with Crippen molar-refractivity contribution in [2.45, 2.75) is 26.2 Å². The molecule has 0 aliphatic rings. The topological polar surface area (TPSA) is 9.23 Å². The molecule has 0 unspecified atom stereocenters. The molecule has 0 aliphatic heterocycles. The Labute approximate surface area is 96.1 Å². The zero-order valence-electron chi connectivity index (χ0n) is 9.00. The molecule has 0 heterocycles. The second-order valence-electron chi connectivity index (χ2n) is 3.54. The minimum absolute atomic E-state index is 0.183. The molecule has 0 bridgehead atoms. The van der Waals surface area contributed by atoms with Crippen LogP contribution in [0.3, 0.4) is 0 Å². The number of ether oxygens (including phenoxy) is 1. The van der Waals surface area contributed by atoms with E-state index in [2.05, 4.69) is 12.6 Å². The van der Waals surface area contributed by atoms with E-state index >= 15 is 0 Å². The molecule has 1 rings (SSSR count). The first-order chi connectivity index (χ1) is 7.24. The number of benzene rings is 1. The van der Waals surface area contributed by atoms with Crippen LogP contribution in [0.15, 0.2) is 18.2 Å². The third-order valence-electron chi connectivity index (χ3n) is 2.20. The molecule has 0 amide bonds. The van der Waals surface area contributed by atoms with Gasteiger partial charge in [0.1, 0.15) is 11.6 Å². The number of unbranched alkanes of at least 4 members (excludes halogenated alkanes) is 2. The van der Waals surface area contributed by atoms with Crippen LogP contribution in [0, 0.1) is 12.7 Å². The molecular weight excluding hydrogens is 211 g/mol. The molecule has 1 nitrogen and oxygen atoms in total. The molecule has 15 heavy (non-hydrogen) atoms. The Morgan fingerprint density at radius 1 is 1.27 bits per heavy atom. The van der Waals surface area contributed by atoms with Crippen LogP contribution in [-0.4, -0.2) is 12.4 Å². The summed E-state index contributed by atoms with van der Waals surface area (Å²) in [6.45, 7) is 2.43. The van der Waals surface area contributed by atoms with Crippen molar-refractivity contribution >= 4 is 12.6 Å². The van der Waals surface area contributed by atoms with E-state index in [1.807, 2.05) is 0 Å². The SMILES string of the molecule is Cc1cc(OCCCCCS)ccc1F. The highest BCUT2D eigenvalue weighted by Gasteiger charge is 1.99. The number of halogens is 1. The lowest BCUT2D eigenvalue weighted by Gasteiger charge is -2.06. The standard InChI is InChI=1S/C12H17FOS/c1-10-9-11(5-6-12(10)13)14-7-3-2-4-8-15/h5-6,9,15H,2-4,7-8H2,1H3. The van der Waals surface area contributed by atoms with Crippen LogP contribution in [0.1, 0.15) is 24.8 Å². The minimum Gasteiger partial charge on any atom is -0.494 e. The van der Waals surface area contributed by atoms with Gasteiger partial charge in [-0.1, -0.05) is 0 Å². The highest BCUT2D eigenvalue weighted by molar-refractivity contribution is 7.80. The van der Waals surface area contributed by atoms with Gasteiger partial charge in [-0.15, -0.1) is 0 Å². The maximum Gasteiger partial charge on any atom is 0.126 e. The van der Waals surface area contributed by atoms with Gasteiger partial charge in [0, 0.05) is 0 Å². The molecule has 3 heteroatoms. The smallest absolute Gasteiger partial charge is 0.126 e. The second kappa shape index (κ2) is 6.72. The van der Waals surface area contributed by atoms with E-state index in [0.29, 0.717) is 12.2 Å². The van der Waals surface area contributed by atoms with E-state index in [4.69, 9.17) is 4.74 Å². The quantitative estimate of drug-likeness (QED) is 0.578. The van der Waals surface area contributed by atoms with Crippen molar-refractivity contribution < 1.29 is 9.13 Å². The van der Waals surface area contributed by atoms with Crippen molar-refractivity contribution in [3.8, 4) is 5.75 Å². The summed E-state index contributed by atoms with van der Waals surface area (Å²) >= 11 is 4.13. The molecule has 0 spiro atoms. The van der Waals surface area contributed by atoms with E-state index in [0.717, 1.165) is 30.8 Å². The average molecular weight is 228 g/mol. The second-order valence-corrected chi connectivity index (χ2v) is 3.99. The summed E-state index contributed by atoms with van der Waals surface area (Å²) in [5.74, 6) is 1.49. The molecule has 1 aromatic rings. The Kier molecular flexibility index (Phi) is 5.54. The first-order valence-corrected chi connectivity index (χ1v) is 5.87. The van der Waals surface area contributed by atoms with E-state index in [1.165, 1.54) is 6.07 Å². The summed E-state index contributed by atoms with van der Waals surface area (Å²) < 4.78 is 18.4. The number of hydrogen-bond donors (Lipinski definition) is 1. The van der Waals surface area contributed by atoms with Crippen molar-refractivity contribution in [1.82, 2.24) is 0 Å². The zero-order valence-corrected chi connectivity index (χ0v) is 9.90. The average Bonchev–Trinajstić information content (AvgIpc) is 2.23. The Bertz CT molecular complexity index is 302. The van der Waals surface area contributed by atoms with Crippen LogP contribution in [0.2, 0.25) is 0 Å². The van der Waals surface area contributed by atoms with Gasteiger partial charge in [-0.2, -0.15) is 12.6 Å². The predicted molar refractivity (Wildman–Crippen MR) is 64.3 cm³/mol. The molecule has 1 aromatic carbocycles. The monoisotopic (exact) mass is 228 g/mol. The van der Waals surface area contributed by atoms with Crippen LogP contribution in [0.4, 0.5) is 4.39 Å². The largest absolute Gasteiger partial charge is 0.494 e. The highest BCUT2D eigenvalue weighted by Crippen LogP contribution is 2.16. The normalized spacial score (nSPS) is 10.3. The molecule has 0 aliphatic carbocycles. The van der Waals surface area contributed by atoms with Crippen molar-refractivity contribution in [2.24, 2.45) is 0 Å². The van der Waals surface area contributed by atoms with E-state index in [-0.39, 0.29) is 5.82 Å². The summed E-state index contributed by atoms with van der Waals surface area (Å²) in [7, 11) is 0. The van der Waals surface area contributed by atoms with Gasteiger partial charge in [0.15, 0.2) is 0 Å². The van der Waals surface area contributed by atoms with Crippen molar-refractivity contribution in [2.75, 3.05) is 12.4 Å². The molecular formula is C12H17FOS. The molecule has 0 aromatic heterocycles. The van der Waals surface area contributed by atoms with Crippen LogP contribution in [0.5, 0.6) is 5.75 Å². The van der Waals surface area contributed by atoms with Crippen LogP contribution in [0.25, 0.3) is 0 Å². The van der Waals surface area contributed by atoms with Gasteiger partial charge in [-0.05, 0) is 55.7 Å². The third-order valence-corrected chi connectivity index (χ3v) is 2.52. The summed E-state index contributed by atoms with van der Waals surface area (Å²) in [5, 5.41) is 0. The van der Waals surface area contributed by atoms with Crippen LogP contribution < -0.4 is 4.74 Å². The van der Waals surface area contributed by atoms with Crippen LogP contribution >= 0.6 is 12.6 Å². The predicted octanol–water partition coefficient (Wildman–Crippen LogP) is 3.61. The number of aryl methyl sites for hydroxylation is 1. The molecule has 0 radical (unpaired) electrons. The number of rotatable bonds is 6. The molecule has 0 atom stereocenters. The fourth-order valence-corrected chi connectivity index (χ4v) is 1.51. The van der Waals surface area contributed by atoms with Crippen molar-refractivity contribution in [3.63, 3.8) is 0 Å². The van der Waals surface area contributed by atoms with Crippen LogP contribution in [-0.2, 0) is 0 Å². The van der Waals surface area contributed by atoms with Crippen molar-refractivity contribution in [3.05, 3.63) is 29.6 Å². The fraction of sp³-hybridized carbons (Fsp3) is 0.500. The molecule has 84 valence electrons. The molecule has 0 N–H and O–H groups in total. The fourth-order valence-electron chi connectivity index (χ4n) is 1.29. The maximum absolute atomic E-state index is 12.9. The van der Waals surface area contributed by atoms with E-state index in [9.17, 15) is 4.39 Å². The number of hydrogen-bond acceptors (Lipinski definition) is 2. The van der Waals surface area contributed by atoms with Gasteiger partial charge in [0.25, 0.3) is 0 Å². The Morgan fingerprint density at radius 3 is 2.73 bits per heavy atom. The minimum atomic E-state index is -0.183. The Morgan fingerprint density at radius 2 is 2.07 bits per heavy atom. The molecule has 0 saturated heterocycles. The zero-order chi connectivity index (χ0) is 11.1. The first kappa shape index (κ1) is 12.4. The maximum atomic E-state index is 12.9. The molecule has 0 saturated carbocycles. The van der Waals surface area contributed by atoms with Crippen molar-refractivity contribution in [1.29, 1.82) is 0 Å². The van der Waals surface area contributed by atoms with Gasteiger partial charge in [-0.3, -0.25) is 0 Å². The lowest BCUT2D eigenvalue weighted by atomic mass is 10.2. The lowest BCUT2D eigenvalue weighted by molar-refractivity contribution is 0.306. The van der Waals surface area contributed by atoms with E-state index < -0.39 is 0 Å². The molecule has 0 fully saturated rings. The summed E-state index contributed by atoms with van der Waals surface area (Å²) in [4.78, 5) is 0. The lowest BCUT2D eigenvalue weighted by Crippen LogP contribution is -1.98. The summed E-state index contributed by atoms with van der Waals surface area (Å²) in [6, 6.07) is 4.84. The Hall–Kier alpha value is -0.700. The van der Waals surface area contributed by atoms with E-state index in [1.54, 1.807) is 19.1 Å². The summed E-state index contributed by atoms with van der Waals surface area (Å²) in [5.41, 5.74) is 0.628. The van der Waals surface area contributed by atoms with Gasteiger partial charge < -0.3 is 4.74 Å². The third kappa shape index (κ3) is 4.56.